The molecule has 1 aromatic carbocycles. The minimum atomic E-state index is -0.823. The minimum Gasteiger partial charge on any atom is -0.464 e. The fraction of sp³-hybridized carbons (Fsp3) is 0.579. The number of carbonyl (C=O) groups is 2. The van der Waals surface area contributed by atoms with Crippen molar-refractivity contribution >= 4 is 11.9 Å². The zero-order valence-electron chi connectivity index (χ0n) is 14.0. The highest BCUT2D eigenvalue weighted by Crippen LogP contribution is 2.43. The molecule has 2 aliphatic rings. The molecular weight excluding hydrogens is 290 g/mol. The molecule has 124 valence electrons. The first-order valence-corrected chi connectivity index (χ1v) is 8.61. The second-order valence-corrected chi connectivity index (χ2v) is 6.83. The Morgan fingerprint density at radius 1 is 1.30 bits per heavy atom. The molecule has 1 aliphatic carbocycles. The fourth-order valence-corrected chi connectivity index (χ4v) is 3.73. The number of esters is 1. The number of likely N-dealkylation sites (tertiary alicyclic amines) is 1. The van der Waals surface area contributed by atoms with Gasteiger partial charge >= 0.3 is 5.97 Å². The number of ether oxygens (including phenoxy) is 1. The lowest BCUT2D eigenvalue weighted by molar-refractivity contribution is -0.162. The molecule has 1 heterocycles. The van der Waals surface area contributed by atoms with Gasteiger partial charge in [-0.3, -0.25) is 4.79 Å². The van der Waals surface area contributed by atoms with Crippen LogP contribution in [0.4, 0.5) is 0 Å². The molecule has 1 aromatic rings. The van der Waals surface area contributed by atoms with Crippen LogP contribution in [0.15, 0.2) is 30.3 Å². The summed E-state index contributed by atoms with van der Waals surface area (Å²) < 4.78 is 5.38. The number of hydrogen-bond donors (Lipinski definition) is 0. The van der Waals surface area contributed by atoms with Gasteiger partial charge in [0.25, 0.3) is 0 Å². The monoisotopic (exact) mass is 315 g/mol. The molecule has 23 heavy (non-hydrogen) atoms. The Kier molecular flexibility index (Phi) is 4.42. The van der Waals surface area contributed by atoms with Crippen molar-refractivity contribution in [3.8, 4) is 0 Å². The first kappa shape index (κ1) is 16.0. The van der Waals surface area contributed by atoms with Gasteiger partial charge in [0.1, 0.15) is 5.54 Å². The van der Waals surface area contributed by atoms with Crippen LogP contribution in [-0.2, 0) is 20.7 Å². The average Bonchev–Trinajstić information content (AvgIpc) is 3.13. The van der Waals surface area contributed by atoms with E-state index in [1.807, 2.05) is 42.2 Å². The maximum atomic E-state index is 12.9. The first-order valence-electron chi connectivity index (χ1n) is 8.61. The second-order valence-electron chi connectivity index (χ2n) is 6.83. The molecular formula is C19H25NO3. The molecule has 3 unspecified atom stereocenters. The van der Waals surface area contributed by atoms with Gasteiger partial charge in [-0.25, -0.2) is 4.79 Å². The number of amides is 1. The molecule has 1 saturated carbocycles. The number of rotatable bonds is 5. The lowest BCUT2D eigenvalue weighted by Crippen LogP contribution is -2.56. The molecule has 3 rings (SSSR count). The Labute approximate surface area is 137 Å². The van der Waals surface area contributed by atoms with Gasteiger partial charge in [0.05, 0.1) is 6.61 Å². The van der Waals surface area contributed by atoms with Crippen molar-refractivity contribution in [2.24, 2.45) is 11.8 Å². The highest BCUT2D eigenvalue weighted by molar-refractivity contribution is 5.91. The zero-order valence-corrected chi connectivity index (χ0v) is 14.0. The maximum absolute atomic E-state index is 12.9. The Balaban J connectivity index is 1.90. The van der Waals surface area contributed by atoms with E-state index >= 15 is 0 Å². The Morgan fingerprint density at radius 3 is 2.61 bits per heavy atom. The number of carbonyl (C=O) groups excluding carboxylic acids is 2. The number of hydrogen-bond acceptors (Lipinski definition) is 3. The highest BCUT2D eigenvalue weighted by Gasteiger charge is 2.54. The van der Waals surface area contributed by atoms with Crippen LogP contribution >= 0.6 is 0 Å². The molecule has 2 fully saturated rings. The Bertz CT molecular complexity index is 586. The third kappa shape index (κ3) is 2.99. The number of benzene rings is 1. The lowest BCUT2D eigenvalue weighted by Gasteiger charge is -2.36. The van der Waals surface area contributed by atoms with Gasteiger partial charge in [0.2, 0.25) is 5.91 Å². The molecule has 0 radical (unpaired) electrons. The van der Waals surface area contributed by atoms with Crippen molar-refractivity contribution in [2.45, 2.75) is 45.1 Å². The van der Waals surface area contributed by atoms with Gasteiger partial charge in [-0.15, -0.1) is 0 Å². The summed E-state index contributed by atoms with van der Waals surface area (Å²) in [6.45, 7) is 4.92. The summed E-state index contributed by atoms with van der Waals surface area (Å²) in [4.78, 5) is 27.5. The topological polar surface area (TPSA) is 46.6 Å². The SMILES string of the molecule is CCOC(=O)C1(Cc2ccccc2)CCCN1C(=O)C1CC1C. The molecule has 1 saturated heterocycles. The van der Waals surface area contributed by atoms with Crippen LogP contribution < -0.4 is 0 Å². The highest BCUT2D eigenvalue weighted by atomic mass is 16.5. The predicted octanol–water partition coefficient (Wildman–Crippen LogP) is 2.81. The third-order valence-corrected chi connectivity index (χ3v) is 5.18. The summed E-state index contributed by atoms with van der Waals surface area (Å²) in [5.74, 6) is 0.430. The van der Waals surface area contributed by atoms with E-state index < -0.39 is 5.54 Å². The molecule has 0 spiro atoms. The molecule has 4 nitrogen and oxygen atoms in total. The van der Waals surface area contributed by atoms with Crippen molar-refractivity contribution in [2.75, 3.05) is 13.2 Å². The van der Waals surface area contributed by atoms with Crippen molar-refractivity contribution in [3.05, 3.63) is 35.9 Å². The predicted molar refractivity (Wildman–Crippen MR) is 87.7 cm³/mol. The maximum Gasteiger partial charge on any atom is 0.332 e. The summed E-state index contributed by atoms with van der Waals surface area (Å²) in [6.07, 6.45) is 3.03. The molecule has 1 amide bonds. The first-order chi connectivity index (χ1) is 11.1. The van der Waals surface area contributed by atoms with Crippen molar-refractivity contribution in [3.63, 3.8) is 0 Å². The van der Waals surface area contributed by atoms with Crippen LogP contribution in [0.2, 0.25) is 0 Å². The van der Waals surface area contributed by atoms with Crippen molar-refractivity contribution < 1.29 is 14.3 Å². The van der Waals surface area contributed by atoms with E-state index in [0.29, 0.717) is 31.9 Å². The van der Waals surface area contributed by atoms with E-state index in [1.165, 1.54) is 0 Å². The summed E-state index contributed by atoms with van der Waals surface area (Å²) >= 11 is 0. The average molecular weight is 315 g/mol. The van der Waals surface area contributed by atoms with E-state index in [4.69, 9.17) is 4.74 Å². The molecule has 0 bridgehead atoms. The largest absolute Gasteiger partial charge is 0.464 e. The second kappa shape index (κ2) is 6.34. The standard InChI is InChI=1S/C19H25NO3/c1-3-23-18(22)19(13-15-8-5-4-6-9-15)10-7-11-20(19)17(21)16-12-14(16)2/h4-6,8-9,14,16H,3,7,10-13H2,1-2H3. The Morgan fingerprint density at radius 2 is 2.00 bits per heavy atom. The minimum absolute atomic E-state index is 0.0951. The summed E-state index contributed by atoms with van der Waals surface area (Å²) in [6, 6.07) is 9.93. The molecule has 1 aliphatic heterocycles. The van der Waals surface area contributed by atoms with Crippen molar-refractivity contribution in [1.29, 1.82) is 0 Å². The van der Waals surface area contributed by atoms with E-state index in [-0.39, 0.29) is 17.8 Å². The van der Waals surface area contributed by atoms with Gasteiger partial charge in [-0.2, -0.15) is 0 Å². The van der Waals surface area contributed by atoms with Crippen LogP contribution in [0.5, 0.6) is 0 Å². The van der Waals surface area contributed by atoms with Crippen LogP contribution in [0.3, 0.4) is 0 Å². The number of nitrogens with zero attached hydrogens (tertiary/aromatic N) is 1. The summed E-state index contributed by atoms with van der Waals surface area (Å²) in [7, 11) is 0. The van der Waals surface area contributed by atoms with Crippen LogP contribution in [0.1, 0.15) is 38.7 Å². The van der Waals surface area contributed by atoms with Crippen molar-refractivity contribution in [1.82, 2.24) is 4.90 Å². The van der Waals surface area contributed by atoms with Gasteiger partial charge in [0, 0.05) is 18.9 Å². The van der Waals surface area contributed by atoms with Gasteiger partial charge in [0.15, 0.2) is 0 Å². The fourth-order valence-electron chi connectivity index (χ4n) is 3.73. The van der Waals surface area contributed by atoms with E-state index in [2.05, 4.69) is 6.92 Å². The lowest BCUT2D eigenvalue weighted by atomic mass is 9.87. The van der Waals surface area contributed by atoms with E-state index in [0.717, 1.165) is 18.4 Å². The Hall–Kier alpha value is -1.84. The van der Waals surface area contributed by atoms with Gasteiger partial charge in [-0.05, 0) is 37.7 Å². The van der Waals surface area contributed by atoms with Gasteiger partial charge < -0.3 is 9.64 Å². The molecule has 0 N–H and O–H groups in total. The molecule has 0 aromatic heterocycles. The molecule has 4 heteroatoms. The zero-order chi connectivity index (χ0) is 16.4. The third-order valence-electron chi connectivity index (χ3n) is 5.18. The van der Waals surface area contributed by atoms with E-state index in [9.17, 15) is 9.59 Å². The van der Waals surface area contributed by atoms with Crippen LogP contribution in [-0.4, -0.2) is 35.5 Å². The molecule has 3 atom stereocenters. The summed E-state index contributed by atoms with van der Waals surface area (Å²) in [5.41, 5.74) is 0.251. The van der Waals surface area contributed by atoms with Crippen LogP contribution in [0.25, 0.3) is 0 Å². The van der Waals surface area contributed by atoms with Crippen LogP contribution in [0, 0.1) is 11.8 Å². The van der Waals surface area contributed by atoms with E-state index in [1.54, 1.807) is 0 Å². The quantitative estimate of drug-likeness (QED) is 0.785. The van der Waals surface area contributed by atoms with Gasteiger partial charge in [-0.1, -0.05) is 37.3 Å². The normalized spacial score (nSPS) is 29.4. The summed E-state index contributed by atoms with van der Waals surface area (Å²) in [5, 5.41) is 0. The smallest absolute Gasteiger partial charge is 0.332 e.